The third kappa shape index (κ3) is 2.33. The number of hydrogen-bond donors (Lipinski definition) is 1. The van der Waals surface area contributed by atoms with E-state index in [2.05, 4.69) is 27.9 Å². The van der Waals surface area contributed by atoms with Gasteiger partial charge < -0.3 is 10.0 Å². The average Bonchev–Trinajstić information content (AvgIpc) is 2.30. The maximum atomic E-state index is 8.97. The highest BCUT2D eigenvalue weighted by molar-refractivity contribution is 5.39. The first-order valence-corrected chi connectivity index (χ1v) is 5.12. The predicted molar refractivity (Wildman–Crippen MR) is 58.5 cm³/mol. The topological polar surface area (TPSA) is 49.2 Å². The first-order valence-electron chi connectivity index (χ1n) is 5.12. The van der Waals surface area contributed by atoms with Crippen molar-refractivity contribution in [2.45, 2.75) is 20.0 Å². The maximum absolute atomic E-state index is 8.97. The summed E-state index contributed by atoms with van der Waals surface area (Å²) < 4.78 is 0. The van der Waals surface area contributed by atoms with Gasteiger partial charge in [0, 0.05) is 13.1 Å². The summed E-state index contributed by atoms with van der Waals surface area (Å²) in [4.78, 5) is 10.6. The second-order valence-corrected chi connectivity index (χ2v) is 3.77. The zero-order valence-electron chi connectivity index (χ0n) is 8.85. The SMILES string of the molecule is CC1=CCN(c2cncc(CO)n2)CC1. The molecule has 0 radical (unpaired) electrons. The highest BCUT2D eigenvalue weighted by Crippen LogP contribution is 2.16. The fraction of sp³-hybridized carbons (Fsp3) is 0.455. The van der Waals surface area contributed by atoms with Gasteiger partial charge in [-0.3, -0.25) is 4.98 Å². The minimum absolute atomic E-state index is 0.0520. The molecule has 4 heteroatoms. The molecule has 0 unspecified atom stereocenters. The summed E-state index contributed by atoms with van der Waals surface area (Å²) in [6.07, 6.45) is 6.62. The third-order valence-corrected chi connectivity index (χ3v) is 2.59. The Labute approximate surface area is 89.3 Å². The van der Waals surface area contributed by atoms with Crippen molar-refractivity contribution in [1.82, 2.24) is 9.97 Å². The van der Waals surface area contributed by atoms with Crippen LogP contribution in [0.1, 0.15) is 19.0 Å². The van der Waals surface area contributed by atoms with Crippen molar-refractivity contribution in [3.05, 3.63) is 29.7 Å². The van der Waals surface area contributed by atoms with E-state index < -0.39 is 0 Å². The lowest BCUT2D eigenvalue weighted by atomic mass is 10.1. The van der Waals surface area contributed by atoms with Crippen LogP contribution >= 0.6 is 0 Å². The normalized spacial score (nSPS) is 16.4. The van der Waals surface area contributed by atoms with Gasteiger partial charge in [-0.15, -0.1) is 0 Å². The lowest BCUT2D eigenvalue weighted by Gasteiger charge is -2.26. The summed E-state index contributed by atoms with van der Waals surface area (Å²) in [7, 11) is 0. The van der Waals surface area contributed by atoms with Gasteiger partial charge in [0.15, 0.2) is 0 Å². The van der Waals surface area contributed by atoms with Gasteiger partial charge in [-0.1, -0.05) is 11.6 Å². The Bertz CT molecular complexity index is 376. The molecule has 4 nitrogen and oxygen atoms in total. The molecule has 1 aliphatic heterocycles. The van der Waals surface area contributed by atoms with Gasteiger partial charge in [-0.25, -0.2) is 4.98 Å². The van der Waals surface area contributed by atoms with Crippen LogP contribution in [0.3, 0.4) is 0 Å². The number of hydrogen-bond acceptors (Lipinski definition) is 4. The van der Waals surface area contributed by atoms with E-state index >= 15 is 0 Å². The van der Waals surface area contributed by atoms with Crippen LogP contribution < -0.4 is 4.90 Å². The Morgan fingerprint density at radius 1 is 1.47 bits per heavy atom. The molecule has 0 saturated carbocycles. The van der Waals surface area contributed by atoms with Gasteiger partial charge in [0.25, 0.3) is 0 Å². The number of aliphatic hydroxyl groups excluding tert-OH is 1. The van der Waals surface area contributed by atoms with E-state index in [-0.39, 0.29) is 6.61 Å². The molecule has 0 amide bonds. The van der Waals surface area contributed by atoms with E-state index in [0.717, 1.165) is 25.3 Å². The average molecular weight is 205 g/mol. The van der Waals surface area contributed by atoms with Gasteiger partial charge >= 0.3 is 0 Å². The van der Waals surface area contributed by atoms with E-state index in [1.807, 2.05) is 0 Å². The first-order chi connectivity index (χ1) is 7.29. The second kappa shape index (κ2) is 4.40. The number of rotatable bonds is 2. The van der Waals surface area contributed by atoms with Crippen LogP contribution in [0.15, 0.2) is 24.0 Å². The van der Waals surface area contributed by atoms with Gasteiger partial charge in [-0.05, 0) is 13.3 Å². The molecule has 1 aromatic rings. The minimum Gasteiger partial charge on any atom is -0.390 e. The molecular formula is C11H15N3O. The molecule has 15 heavy (non-hydrogen) atoms. The zero-order valence-corrected chi connectivity index (χ0v) is 8.85. The summed E-state index contributed by atoms with van der Waals surface area (Å²) in [6, 6.07) is 0. The summed E-state index contributed by atoms with van der Waals surface area (Å²) >= 11 is 0. The maximum Gasteiger partial charge on any atom is 0.147 e. The number of aliphatic hydroxyl groups is 1. The predicted octanol–water partition coefficient (Wildman–Crippen LogP) is 1.13. The molecule has 2 heterocycles. The fourth-order valence-corrected chi connectivity index (χ4v) is 1.60. The van der Waals surface area contributed by atoms with E-state index in [0.29, 0.717) is 5.69 Å². The number of aromatic nitrogens is 2. The molecule has 2 rings (SSSR count). The van der Waals surface area contributed by atoms with Crippen LogP contribution in [0.2, 0.25) is 0 Å². The first kappa shape index (κ1) is 10.1. The zero-order chi connectivity index (χ0) is 10.7. The highest BCUT2D eigenvalue weighted by Gasteiger charge is 2.11. The van der Waals surface area contributed by atoms with E-state index in [1.54, 1.807) is 12.4 Å². The Hall–Kier alpha value is -1.42. The third-order valence-electron chi connectivity index (χ3n) is 2.59. The summed E-state index contributed by atoms with van der Waals surface area (Å²) in [5, 5.41) is 8.97. The molecule has 0 spiro atoms. The van der Waals surface area contributed by atoms with Crippen LogP contribution in [0.25, 0.3) is 0 Å². The van der Waals surface area contributed by atoms with Crippen molar-refractivity contribution in [3.8, 4) is 0 Å². The standard InChI is InChI=1S/C11H15N3O/c1-9-2-4-14(5-3-9)11-7-12-6-10(8-15)13-11/h2,6-7,15H,3-5,8H2,1H3. The van der Waals surface area contributed by atoms with Crippen molar-refractivity contribution in [2.75, 3.05) is 18.0 Å². The summed E-state index contributed by atoms with van der Waals surface area (Å²) in [5.74, 6) is 0.852. The van der Waals surface area contributed by atoms with E-state index in [4.69, 9.17) is 5.11 Å². The van der Waals surface area contributed by atoms with Crippen LogP contribution in [0.5, 0.6) is 0 Å². The van der Waals surface area contributed by atoms with Crippen molar-refractivity contribution in [3.63, 3.8) is 0 Å². The molecule has 0 atom stereocenters. The van der Waals surface area contributed by atoms with Crippen molar-refractivity contribution in [2.24, 2.45) is 0 Å². The largest absolute Gasteiger partial charge is 0.390 e. The summed E-state index contributed by atoms with van der Waals surface area (Å²) in [6.45, 7) is 3.96. The molecule has 0 bridgehead atoms. The van der Waals surface area contributed by atoms with Gasteiger partial charge in [-0.2, -0.15) is 0 Å². The fourth-order valence-electron chi connectivity index (χ4n) is 1.60. The quantitative estimate of drug-likeness (QED) is 0.735. The molecule has 0 aliphatic carbocycles. The smallest absolute Gasteiger partial charge is 0.147 e. The van der Waals surface area contributed by atoms with Crippen molar-refractivity contribution < 1.29 is 5.11 Å². The Kier molecular flexibility index (Phi) is 2.97. The minimum atomic E-state index is -0.0520. The molecule has 0 aromatic carbocycles. The molecule has 1 aromatic heterocycles. The van der Waals surface area contributed by atoms with Crippen molar-refractivity contribution in [1.29, 1.82) is 0 Å². The summed E-state index contributed by atoms with van der Waals surface area (Å²) in [5.41, 5.74) is 2.05. The second-order valence-electron chi connectivity index (χ2n) is 3.77. The monoisotopic (exact) mass is 205 g/mol. The van der Waals surface area contributed by atoms with Crippen LogP contribution in [0, 0.1) is 0 Å². The van der Waals surface area contributed by atoms with Crippen LogP contribution in [-0.4, -0.2) is 28.2 Å². The Morgan fingerprint density at radius 3 is 3.00 bits per heavy atom. The lowest BCUT2D eigenvalue weighted by Crippen LogP contribution is -2.29. The number of nitrogens with zero attached hydrogens (tertiary/aromatic N) is 3. The molecule has 0 saturated heterocycles. The van der Waals surface area contributed by atoms with Gasteiger partial charge in [0.2, 0.25) is 0 Å². The Balaban J connectivity index is 2.16. The Morgan fingerprint density at radius 2 is 2.33 bits per heavy atom. The van der Waals surface area contributed by atoms with E-state index in [1.165, 1.54) is 5.57 Å². The van der Waals surface area contributed by atoms with Gasteiger partial charge in [0.1, 0.15) is 5.82 Å². The molecule has 80 valence electrons. The van der Waals surface area contributed by atoms with Crippen molar-refractivity contribution >= 4 is 5.82 Å². The van der Waals surface area contributed by atoms with Crippen LogP contribution in [-0.2, 0) is 6.61 Å². The van der Waals surface area contributed by atoms with E-state index in [9.17, 15) is 0 Å². The van der Waals surface area contributed by atoms with Crippen LogP contribution in [0.4, 0.5) is 5.82 Å². The molecule has 0 fully saturated rings. The highest BCUT2D eigenvalue weighted by atomic mass is 16.3. The molecule has 1 aliphatic rings. The molecular weight excluding hydrogens is 190 g/mol. The van der Waals surface area contributed by atoms with Gasteiger partial charge in [0.05, 0.1) is 24.7 Å². The lowest BCUT2D eigenvalue weighted by molar-refractivity contribution is 0.276. The molecule has 1 N–H and O–H groups in total. The number of anilines is 1.